The quantitative estimate of drug-likeness (QED) is 0.356. The second kappa shape index (κ2) is 11.7. The van der Waals surface area contributed by atoms with Crippen molar-refractivity contribution in [2.24, 2.45) is 0 Å². The highest BCUT2D eigenvalue weighted by Crippen LogP contribution is 2.31. The minimum absolute atomic E-state index is 0.0620. The van der Waals surface area contributed by atoms with Gasteiger partial charge in [-0.05, 0) is 54.5 Å². The van der Waals surface area contributed by atoms with Gasteiger partial charge in [0.15, 0.2) is 6.04 Å². The van der Waals surface area contributed by atoms with Gasteiger partial charge in [-0.15, -0.1) is 10.2 Å². The molecule has 0 unspecified atom stereocenters. The summed E-state index contributed by atoms with van der Waals surface area (Å²) in [5, 5.41) is 15.7. The summed E-state index contributed by atoms with van der Waals surface area (Å²) >= 11 is 0. The Morgan fingerprint density at radius 1 is 1.05 bits per heavy atom. The smallest absolute Gasteiger partial charge is 0.251 e. The summed E-state index contributed by atoms with van der Waals surface area (Å²) in [7, 11) is 1.57. The predicted octanol–water partition coefficient (Wildman–Crippen LogP) is 4.17. The molecule has 1 fully saturated rings. The largest absolute Gasteiger partial charge is 0.497 e. The highest BCUT2D eigenvalue weighted by atomic mass is 16.5. The normalized spacial score (nSPS) is 14.6. The van der Waals surface area contributed by atoms with Crippen molar-refractivity contribution in [1.29, 1.82) is 0 Å². The summed E-state index contributed by atoms with van der Waals surface area (Å²) in [5.74, 6) is 0.707. The predicted molar refractivity (Wildman–Crippen MR) is 140 cm³/mol. The number of furan rings is 1. The third kappa shape index (κ3) is 5.74. The van der Waals surface area contributed by atoms with Crippen LogP contribution in [0.3, 0.4) is 0 Å². The van der Waals surface area contributed by atoms with E-state index in [2.05, 4.69) is 20.7 Å². The van der Waals surface area contributed by atoms with Crippen LogP contribution in [0.5, 0.6) is 5.75 Å². The van der Waals surface area contributed by atoms with E-state index in [0.717, 1.165) is 31.2 Å². The Bertz CT molecular complexity index is 1330. The van der Waals surface area contributed by atoms with Crippen molar-refractivity contribution < 1.29 is 18.7 Å². The van der Waals surface area contributed by atoms with Gasteiger partial charge in [-0.1, -0.05) is 49.6 Å². The van der Waals surface area contributed by atoms with Crippen LogP contribution in [0.25, 0.3) is 11.4 Å². The lowest BCUT2D eigenvalue weighted by molar-refractivity contribution is -0.128. The van der Waals surface area contributed by atoms with Gasteiger partial charge in [-0.2, -0.15) is 4.80 Å². The maximum Gasteiger partial charge on any atom is 0.251 e. The monoisotopic (exact) mass is 514 g/mol. The molecule has 1 atom stereocenters. The van der Waals surface area contributed by atoms with Crippen LogP contribution in [0.4, 0.5) is 5.69 Å². The lowest BCUT2D eigenvalue weighted by Gasteiger charge is -2.32. The molecule has 196 valence electrons. The van der Waals surface area contributed by atoms with E-state index >= 15 is 0 Å². The zero-order valence-corrected chi connectivity index (χ0v) is 21.2. The number of aromatic nitrogens is 4. The van der Waals surface area contributed by atoms with Crippen LogP contribution >= 0.6 is 0 Å². The van der Waals surface area contributed by atoms with E-state index in [1.807, 2.05) is 30.3 Å². The van der Waals surface area contributed by atoms with Gasteiger partial charge in [-0.25, -0.2) is 0 Å². The van der Waals surface area contributed by atoms with Gasteiger partial charge in [0, 0.05) is 17.3 Å². The number of hydrogen-bond acceptors (Lipinski definition) is 7. The van der Waals surface area contributed by atoms with E-state index in [0.29, 0.717) is 23.0 Å². The molecule has 38 heavy (non-hydrogen) atoms. The van der Waals surface area contributed by atoms with Gasteiger partial charge >= 0.3 is 0 Å². The molecule has 1 aliphatic rings. The SMILES string of the molecule is COc1ccc(N(C(=O)Cn2nnc(-c3ccccc3)n2)[C@@H](C(=O)NC2CCCCC2)c2ccco2)cc1. The molecule has 2 aromatic heterocycles. The molecule has 0 bridgehead atoms. The Balaban J connectivity index is 1.47. The van der Waals surface area contributed by atoms with Crippen LogP contribution in [-0.4, -0.2) is 45.2 Å². The lowest BCUT2D eigenvalue weighted by atomic mass is 9.95. The molecule has 5 rings (SSSR count). The molecule has 0 radical (unpaired) electrons. The Morgan fingerprint density at radius 2 is 1.82 bits per heavy atom. The van der Waals surface area contributed by atoms with E-state index in [9.17, 15) is 9.59 Å². The summed E-state index contributed by atoms with van der Waals surface area (Å²) in [6.07, 6.45) is 6.63. The lowest BCUT2D eigenvalue weighted by Crippen LogP contribution is -2.48. The van der Waals surface area contributed by atoms with Gasteiger partial charge in [0.1, 0.15) is 18.1 Å². The summed E-state index contributed by atoms with van der Waals surface area (Å²) in [4.78, 5) is 30.3. The van der Waals surface area contributed by atoms with Crippen LogP contribution in [0.1, 0.15) is 43.9 Å². The van der Waals surface area contributed by atoms with Crippen LogP contribution in [-0.2, 0) is 16.1 Å². The van der Waals surface area contributed by atoms with Crippen molar-refractivity contribution in [3.63, 3.8) is 0 Å². The van der Waals surface area contributed by atoms with E-state index in [-0.39, 0.29) is 18.5 Å². The van der Waals surface area contributed by atoms with Crippen LogP contribution in [0.15, 0.2) is 77.4 Å². The molecule has 2 heterocycles. The van der Waals surface area contributed by atoms with Crippen LogP contribution in [0, 0.1) is 0 Å². The highest BCUT2D eigenvalue weighted by molar-refractivity contribution is 6.01. The van der Waals surface area contributed by atoms with Gasteiger partial charge in [-0.3, -0.25) is 14.5 Å². The fraction of sp³-hybridized carbons (Fsp3) is 0.321. The Morgan fingerprint density at radius 3 is 2.50 bits per heavy atom. The van der Waals surface area contributed by atoms with Gasteiger partial charge < -0.3 is 14.5 Å². The number of rotatable bonds is 9. The van der Waals surface area contributed by atoms with Gasteiger partial charge in [0.25, 0.3) is 11.8 Å². The molecule has 0 aliphatic heterocycles. The molecule has 0 spiro atoms. The van der Waals surface area contributed by atoms with Crippen molar-refractivity contribution in [3.05, 3.63) is 78.8 Å². The number of anilines is 1. The molecule has 2 aromatic carbocycles. The van der Waals surface area contributed by atoms with Crippen LogP contribution < -0.4 is 15.0 Å². The molecule has 1 N–H and O–H groups in total. The van der Waals surface area contributed by atoms with E-state index in [1.165, 1.54) is 22.4 Å². The molecular formula is C28H30N6O4. The van der Waals surface area contributed by atoms with Crippen molar-refractivity contribution in [2.45, 2.75) is 50.7 Å². The molecule has 1 aliphatic carbocycles. The summed E-state index contributed by atoms with van der Waals surface area (Å²) in [5.41, 5.74) is 1.30. The molecule has 10 heteroatoms. The zero-order chi connectivity index (χ0) is 26.3. The number of carbonyl (C=O) groups is 2. The number of ether oxygens (including phenoxy) is 1. The van der Waals surface area contributed by atoms with Crippen molar-refractivity contribution >= 4 is 17.5 Å². The fourth-order valence-corrected chi connectivity index (χ4v) is 4.74. The van der Waals surface area contributed by atoms with Gasteiger partial charge in [0.2, 0.25) is 5.82 Å². The molecule has 4 aromatic rings. The average Bonchev–Trinajstić information content (AvgIpc) is 3.65. The number of nitrogens with one attached hydrogen (secondary N) is 1. The first-order chi connectivity index (χ1) is 18.6. The first-order valence-electron chi connectivity index (χ1n) is 12.8. The summed E-state index contributed by atoms with van der Waals surface area (Å²) < 4.78 is 11.0. The summed E-state index contributed by atoms with van der Waals surface area (Å²) in [6.45, 7) is -0.222. The van der Waals surface area contributed by atoms with Crippen LogP contribution in [0.2, 0.25) is 0 Å². The number of benzene rings is 2. The highest BCUT2D eigenvalue weighted by Gasteiger charge is 2.36. The molecule has 2 amide bonds. The van der Waals surface area contributed by atoms with E-state index in [4.69, 9.17) is 9.15 Å². The molecule has 10 nitrogen and oxygen atoms in total. The number of tetrazole rings is 1. The van der Waals surface area contributed by atoms with Crippen molar-refractivity contribution in [1.82, 2.24) is 25.5 Å². The second-order valence-corrected chi connectivity index (χ2v) is 9.23. The maximum atomic E-state index is 13.9. The first-order valence-corrected chi connectivity index (χ1v) is 12.8. The van der Waals surface area contributed by atoms with Crippen molar-refractivity contribution in [2.75, 3.05) is 12.0 Å². The Labute approximate surface area is 220 Å². The van der Waals surface area contributed by atoms with E-state index in [1.54, 1.807) is 43.5 Å². The van der Waals surface area contributed by atoms with E-state index < -0.39 is 11.9 Å². The number of nitrogens with zero attached hydrogens (tertiary/aromatic N) is 5. The van der Waals surface area contributed by atoms with Crippen molar-refractivity contribution in [3.8, 4) is 17.1 Å². The molecule has 1 saturated carbocycles. The van der Waals surface area contributed by atoms with Gasteiger partial charge in [0.05, 0.1) is 13.4 Å². The second-order valence-electron chi connectivity index (χ2n) is 9.23. The maximum absolute atomic E-state index is 13.9. The minimum atomic E-state index is -1.02. The first kappa shape index (κ1) is 25.2. The third-order valence-electron chi connectivity index (χ3n) is 6.65. The zero-order valence-electron chi connectivity index (χ0n) is 21.2. The molecule has 0 saturated heterocycles. The fourth-order valence-electron chi connectivity index (χ4n) is 4.74. The number of carbonyl (C=O) groups excluding carboxylic acids is 2. The summed E-state index contributed by atoms with van der Waals surface area (Å²) in [6, 6.07) is 18.8. The number of hydrogen-bond donors (Lipinski definition) is 1. The standard InChI is InChI=1S/C28H30N6O4/c1-37-23-16-14-22(15-17-23)34(25(35)19-33-31-27(30-32-33)20-9-4-2-5-10-20)26(24-13-8-18-38-24)28(36)29-21-11-6-3-7-12-21/h2,4-5,8-10,13-18,21,26H,3,6-7,11-12,19H2,1H3,(H,29,36)/t26-/m1/s1. The average molecular weight is 515 g/mol. The Kier molecular flexibility index (Phi) is 7.77. The minimum Gasteiger partial charge on any atom is -0.497 e. The third-order valence-corrected chi connectivity index (χ3v) is 6.65. The number of amides is 2. The topological polar surface area (TPSA) is 115 Å². The number of methoxy groups -OCH3 is 1. The Hall–Kier alpha value is -4.47. The molecular weight excluding hydrogens is 484 g/mol.